The monoisotopic (exact) mass is 242 g/mol. The fourth-order valence-corrected chi connectivity index (χ4v) is 0.574. The molecule has 0 aliphatic carbocycles. The van der Waals surface area contributed by atoms with E-state index in [1.165, 1.54) is 18.6 Å². The van der Waals surface area contributed by atoms with Crippen molar-refractivity contribution in [2.24, 2.45) is 0 Å². The van der Waals surface area contributed by atoms with Crippen molar-refractivity contribution in [2.75, 3.05) is 0 Å². The molecule has 1 aromatic rings. The zero-order chi connectivity index (χ0) is 10.1. The Morgan fingerprint density at radius 2 is 1.79 bits per heavy atom. The summed E-state index contributed by atoms with van der Waals surface area (Å²) in [5.74, 6) is -1.13. The second-order valence-corrected chi connectivity index (χ2v) is 2.51. The molecule has 0 unspecified atom stereocenters. The number of hydrogen-bond donors (Lipinski definition) is 0. The van der Waals surface area contributed by atoms with Gasteiger partial charge in [-0.15, -0.1) is 0 Å². The Labute approximate surface area is 98.1 Å². The van der Waals surface area contributed by atoms with Crippen LogP contribution in [0.3, 0.4) is 0 Å². The van der Waals surface area contributed by atoms with E-state index in [1.54, 1.807) is 18.2 Å². The molecule has 0 saturated carbocycles. The Morgan fingerprint density at radius 3 is 2.00 bits per heavy atom. The van der Waals surface area contributed by atoms with E-state index in [4.69, 9.17) is 0 Å². The second kappa shape index (κ2) is 10.4. The van der Waals surface area contributed by atoms with Gasteiger partial charge in [-0.3, -0.25) is 0 Å². The predicted octanol–water partition coefficient (Wildman–Crippen LogP) is 1.67. The van der Waals surface area contributed by atoms with E-state index >= 15 is 0 Å². The normalized spacial score (nSPS) is 7.86. The minimum Gasteiger partial charge on any atom is -0.545 e. The maximum atomic E-state index is 10.1. The molecular formula is C11H14O2Zn. The van der Waals surface area contributed by atoms with Gasteiger partial charge in [0.05, 0.1) is 5.97 Å². The standard InChI is InChI=1S/C7H6O2.C4H9.Zn/c8-7(9)6-4-2-1-3-5-6;1-3-4-2;/h1-5H,(H,8,9);1,3-4H2,2H3;/q;-1;+2/p-1. The van der Waals surface area contributed by atoms with Gasteiger partial charge in [-0.05, 0) is 5.56 Å². The number of hydrogen-bond acceptors (Lipinski definition) is 2. The number of unbranched alkanes of at least 4 members (excludes halogenated alkanes) is 1. The second-order valence-electron chi connectivity index (χ2n) is 2.51. The Kier molecular flexibility index (Phi) is 11.7. The number of carbonyl (C=O) groups is 1. The molecule has 0 fully saturated rings. The molecule has 0 spiro atoms. The van der Waals surface area contributed by atoms with Crippen LogP contribution < -0.4 is 5.11 Å². The summed E-state index contributed by atoms with van der Waals surface area (Å²) in [6.45, 7) is 5.72. The van der Waals surface area contributed by atoms with E-state index in [0.29, 0.717) is 0 Å². The van der Waals surface area contributed by atoms with Crippen molar-refractivity contribution < 1.29 is 29.4 Å². The maximum absolute atomic E-state index is 10.1. The summed E-state index contributed by atoms with van der Waals surface area (Å²) in [6.07, 6.45) is 2.28. The van der Waals surface area contributed by atoms with E-state index in [9.17, 15) is 9.90 Å². The third-order valence-electron chi connectivity index (χ3n) is 1.36. The average molecular weight is 244 g/mol. The molecule has 0 saturated heterocycles. The van der Waals surface area contributed by atoms with Gasteiger partial charge in [0.2, 0.25) is 0 Å². The summed E-state index contributed by atoms with van der Waals surface area (Å²) in [4.78, 5) is 10.1. The molecule has 0 heterocycles. The first-order valence-corrected chi connectivity index (χ1v) is 4.28. The van der Waals surface area contributed by atoms with Crippen molar-refractivity contribution in [2.45, 2.75) is 19.8 Å². The zero-order valence-electron chi connectivity index (χ0n) is 8.53. The molecule has 0 aliphatic rings. The molecule has 1 rings (SSSR count). The first-order valence-electron chi connectivity index (χ1n) is 4.28. The van der Waals surface area contributed by atoms with Crippen LogP contribution in [0.15, 0.2) is 30.3 Å². The fraction of sp³-hybridized carbons (Fsp3) is 0.273. The first kappa shape index (κ1) is 15.8. The topological polar surface area (TPSA) is 40.1 Å². The zero-order valence-corrected chi connectivity index (χ0v) is 11.5. The quantitative estimate of drug-likeness (QED) is 0.586. The van der Waals surface area contributed by atoms with Gasteiger partial charge < -0.3 is 16.8 Å². The molecule has 3 heteroatoms. The molecule has 0 aliphatic heterocycles. The Balaban J connectivity index is 0. The van der Waals surface area contributed by atoms with Crippen LogP contribution in [0.2, 0.25) is 0 Å². The Morgan fingerprint density at radius 1 is 1.36 bits per heavy atom. The van der Waals surface area contributed by atoms with Crippen molar-refractivity contribution in [3.8, 4) is 0 Å². The summed E-state index contributed by atoms with van der Waals surface area (Å²) in [5, 5.41) is 10.1. The van der Waals surface area contributed by atoms with Crippen LogP contribution >= 0.6 is 0 Å². The molecule has 0 atom stereocenters. The minimum atomic E-state index is -1.13. The van der Waals surface area contributed by atoms with Gasteiger partial charge in [0.1, 0.15) is 0 Å². The van der Waals surface area contributed by atoms with Crippen LogP contribution in [0.25, 0.3) is 0 Å². The van der Waals surface area contributed by atoms with E-state index in [0.717, 1.165) is 6.42 Å². The Bertz CT molecular complexity index is 232. The van der Waals surface area contributed by atoms with E-state index in [-0.39, 0.29) is 25.0 Å². The summed E-state index contributed by atoms with van der Waals surface area (Å²) in [7, 11) is 0. The largest absolute Gasteiger partial charge is 2.00 e. The van der Waals surface area contributed by atoms with Gasteiger partial charge in [0.15, 0.2) is 0 Å². The van der Waals surface area contributed by atoms with Crippen LogP contribution in [0.5, 0.6) is 0 Å². The van der Waals surface area contributed by atoms with E-state index < -0.39 is 5.97 Å². The molecule has 2 nitrogen and oxygen atoms in total. The van der Waals surface area contributed by atoms with Crippen molar-refractivity contribution in [1.29, 1.82) is 0 Å². The number of rotatable bonds is 2. The molecular weight excluding hydrogens is 230 g/mol. The predicted molar refractivity (Wildman–Crippen MR) is 51.0 cm³/mol. The third kappa shape index (κ3) is 7.94. The average Bonchev–Trinajstić information content (AvgIpc) is 2.19. The number of aromatic carboxylic acids is 1. The molecule has 72 valence electrons. The van der Waals surface area contributed by atoms with Gasteiger partial charge in [-0.1, -0.05) is 43.7 Å². The molecule has 1 aromatic carbocycles. The Hall–Kier alpha value is -0.687. The number of carboxylic acids is 1. The molecule has 0 aromatic heterocycles. The van der Waals surface area contributed by atoms with Gasteiger partial charge in [-0.25, -0.2) is 0 Å². The number of benzene rings is 1. The molecule has 0 bridgehead atoms. The van der Waals surface area contributed by atoms with Gasteiger partial charge >= 0.3 is 19.5 Å². The maximum Gasteiger partial charge on any atom is 2.00 e. The SMILES string of the molecule is O=C([O-])c1ccccc1.[CH2-]CCC.[Zn+2]. The van der Waals surface area contributed by atoms with E-state index in [2.05, 4.69) is 13.8 Å². The van der Waals surface area contributed by atoms with Crippen molar-refractivity contribution in [3.05, 3.63) is 42.8 Å². The summed E-state index contributed by atoms with van der Waals surface area (Å²) >= 11 is 0. The molecule has 0 N–H and O–H groups in total. The number of carboxylic acid groups (broad SMARTS) is 1. The summed E-state index contributed by atoms with van der Waals surface area (Å²) < 4.78 is 0. The van der Waals surface area contributed by atoms with Crippen LogP contribution in [-0.2, 0) is 19.5 Å². The summed E-state index contributed by atoms with van der Waals surface area (Å²) in [5.41, 5.74) is 0.220. The molecule has 0 amide bonds. The fourth-order valence-electron chi connectivity index (χ4n) is 0.574. The smallest absolute Gasteiger partial charge is 0.545 e. The minimum absolute atomic E-state index is 0. The van der Waals surface area contributed by atoms with Gasteiger partial charge in [0.25, 0.3) is 0 Å². The van der Waals surface area contributed by atoms with Crippen LogP contribution in [-0.4, -0.2) is 5.97 Å². The summed E-state index contributed by atoms with van der Waals surface area (Å²) in [6, 6.07) is 8.06. The van der Waals surface area contributed by atoms with Gasteiger partial charge in [0, 0.05) is 0 Å². The van der Waals surface area contributed by atoms with Crippen LogP contribution in [0.4, 0.5) is 0 Å². The molecule has 14 heavy (non-hydrogen) atoms. The van der Waals surface area contributed by atoms with Crippen molar-refractivity contribution in [1.82, 2.24) is 0 Å². The third-order valence-corrected chi connectivity index (χ3v) is 1.36. The van der Waals surface area contributed by atoms with E-state index in [1.807, 2.05) is 0 Å². The van der Waals surface area contributed by atoms with Crippen LogP contribution in [0, 0.1) is 6.92 Å². The first-order chi connectivity index (χ1) is 6.22. The number of carbonyl (C=O) groups excluding carboxylic acids is 1. The van der Waals surface area contributed by atoms with Crippen molar-refractivity contribution >= 4 is 5.97 Å². The van der Waals surface area contributed by atoms with Gasteiger partial charge in [-0.2, -0.15) is 6.42 Å². The molecule has 0 radical (unpaired) electrons. The van der Waals surface area contributed by atoms with Crippen LogP contribution in [0.1, 0.15) is 30.1 Å². The van der Waals surface area contributed by atoms with Crippen molar-refractivity contribution in [3.63, 3.8) is 0 Å².